The molecule has 0 bridgehead atoms. The van der Waals surface area contributed by atoms with Crippen molar-refractivity contribution in [3.63, 3.8) is 0 Å². The van der Waals surface area contributed by atoms with Crippen LogP contribution in [0.5, 0.6) is 0 Å². The number of hydrogen-bond donors (Lipinski definition) is 0. The number of hydrogen-bond acceptors (Lipinski definition) is 1. The molecule has 0 aromatic heterocycles. The van der Waals surface area contributed by atoms with Crippen LogP contribution in [0.3, 0.4) is 0 Å². The molecule has 0 rings (SSSR count). The van der Waals surface area contributed by atoms with E-state index in [0.29, 0.717) is 18.8 Å². The van der Waals surface area contributed by atoms with Crippen LogP contribution in [0.15, 0.2) is 12.3 Å². The summed E-state index contributed by atoms with van der Waals surface area (Å²) in [6.45, 7) is 4.21. The summed E-state index contributed by atoms with van der Waals surface area (Å²) in [6.07, 6.45) is -2.57. The lowest BCUT2D eigenvalue weighted by molar-refractivity contribution is -0.0817. The number of rotatable bonds is 4. The lowest BCUT2D eigenvalue weighted by Crippen LogP contribution is -2.04. The molecule has 1 unspecified atom stereocenters. The molecule has 1 nitrogen and oxygen atoms in total. The predicted octanol–water partition coefficient (Wildman–Crippen LogP) is 3.13. The summed E-state index contributed by atoms with van der Waals surface area (Å²) in [6, 6.07) is 0. The maximum Gasteiger partial charge on any atom is 0.412 e. The second-order valence-corrected chi connectivity index (χ2v) is 2.69. The van der Waals surface area contributed by atoms with E-state index in [0.717, 1.165) is 6.42 Å². The van der Waals surface area contributed by atoms with Crippen molar-refractivity contribution in [3.8, 4) is 0 Å². The van der Waals surface area contributed by atoms with E-state index < -0.39 is 6.18 Å². The van der Waals surface area contributed by atoms with Crippen molar-refractivity contribution in [2.24, 2.45) is 5.92 Å². The van der Waals surface area contributed by atoms with Crippen molar-refractivity contribution in [2.45, 2.75) is 26.4 Å². The van der Waals surface area contributed by atoms with Gasteiger partial charge in [0.2, 0.25) is 0 Å². The van der Waals surface area contributed by atoms with Gasteiger partial charge < -0.3 is 4.74 Å². The van der Waals surface area contributed by atoms with E-state index in [-0.39, 0.29) is 6.08 Å². The Morgan fingerprint density at radius 2 is 2.00 bits per heavy atom. The van der Waals surface area contributed by atoms with Gasteiger partial charge in [-0.25, -0.2) is 0 Å². The average Bonchev–Trinajstić information content (AvgIpc) is 1.96. The van der Waals surface area contributed by atoms with Crippen molar-refractivity contribution < 1.29 is 17.9 Å². The van der Waals surface area contributed by atoms with Gasteiger partial charge in [-0.05, 0) is 5.92 Å². The Hall–Kier alpha value is -0.670. The fraction of sp³-hybridized carbons (Fsp3) is 0.750. The summed E-state index contributed by atoms with van der Waals surface area (Å²) >= 11 is 0. The first-order valence-corrected chi connectivity index (χ1v) is 3.81. The van der Waals surface area contributed by atoms with Gasteiger partial charge in [0.25, 0.3) is 0 Å². The van der Waals surface area contributed by atoms with Gasteiger partial charge in [0.1, 0.15) is 0 Å². The van der Waals surface area contributed by atoms with Gasteiger partial charge in [-0.3, -0.25) is 0 Å². The summed E-state index contributed by atoms with van der Waals surface area (Å²) in [7, 11) is 0. The van der Waals surface area contributed by atoms with Crippen LogP contribution in [0.1, 0.15) is 20.3 Å². The first kappa shape index (κ1) is 11.3. The number of ether oxygens (including phenoxy) is 1. The van der Waals surface area contributed by atoms with E-state index in [1.54, 1.807) is 0 Å². The molecular formula is C8H13F3O. The highest BCUT2D eigenvalue weighted by molar-refractivity contribution is 4.82. The normalized spacial score (nSPS) is 15.1. The van der Waals surface area contributed by atoms with Gasteiger partial charge in [-0.15, -0.1) is 0 Å². The average molecular weight is 182 g/mol. The third kappa shape index (κ3) is 7.44. The van der Waals surface area contributed by atoms with Crippen LogP contribution >= 0.6 is 0 Å². The quantitative estimate of drug-likeness (QED) is 0.607. The zero-order valence-corrected chi connectivity index (χ0v) is 7.19. The monoisotopic (exact) mass is 182 g/mol. The third-order valence-corrected chi connectivity index (χ3v) is 1.43. The Balaban J connectivity index is 3.49. The zero-order chi connectivity index (χ0) is 9.61. The molecule has 0 aliphatic heterocycles. The van der Waals surface area contributed by atoms with E-state index in [4.69, 9.17) is 0 Å². The molecule has 0 N–H and O–H groups in total. The minimum Gasteiger partial charge on any atom is -0.501 e. The van der Waals surface area contributed by atoms with Crippen molar-refractivity contribution in [1.82, 2.24) is 0 Å². The first-order valence-electron chi connectivity index (χ1n) is 3.81. The molecule has 72 valence electrons. The molecule has 0 spiro atoms. The van der Waals surface area contributed by atoms with Crippen LogP contribution in [-0.2, 0) is 4.74 Å². The minimum atomic E-state index is -4.27. The molecule has 0 saturated carbocycles. The fourth-order valence-corrected chi connectivity index (χ4v) is 0.463. The van der Waals surface area contributed by atoms with Crippen LogP contribution in [0.4, 0.5) is 13.2 Å². The van der Waals surface area contributed by atoms with Gasteiger partial charge in [0.15, 0.2) is 0 Å². The van der Waals surface area contributed by atoms with Gasteiger partial charge >= 0.3 is 6.18 Å². The Kier molecular flexibility index (Phi) is 4.78. The molecule has 0 amide bonds. The molecule has 0 aliphatic carbocycles. The fourth-order valence-electron chi connectivity index (χ4n) is 0.463. The number of allylic oxidation sites excluding steroid dienone is 1. The molecule has 1 atom stereocenters. The Morgan fingerprint density at radius 1 is 1.42 bits per heavy atom. The molecule has 0 aromatic carbocycles. The highest BCUT2D eigenvalue weighted by Gasteiger charge is 2.22. The highest BCUT2D eigenvalue weighted by atomic mass is 19.4. The van der Waals surface area contributed by atoms with Gasteiger partial charge in [-0.1, -0.05) is 20.3 Å². The smallest absolute Gasteiger partial charge is 0.412 e. The SMILES string of the molecule is CCC(C)CO/C=C/C(F)(F)F. The molecule has 0 heterocycles. The molecule has 0 fully saturated rings. The van der Waals surface area contributed by atoms with E-state index in [1.165, 1.54) is 0 Å². The summed E-state index contributed by atoms with van der Waals surface area (Å²) < 4.78 is 39.1. The summed E-state index contributed by atoms with van der Waals surface area (Å²) in [4.78, 5) is 0. The Bertz CT molecular complexity index is 140. The lowest BCUT2D eigenvalue weighted by Gasteiger charge is -2.06. The minimum absolute atomic E-state index is 0.0926. The van der Waals surface area contributed by atoms with Gasteiger partial charge in [0.05, 0.1) is 18.9 Å². The Morgan fingerprint density at radius 3 is 2.42 bits per heavy atom. The topological polar surface area (TPSA) is 9.23 Å². The first-order chi connectivity index (χ1) is 5.45. The van der Waals surface area contributed by atoms with E-state index in [9.17, 15) is 13.2 Å². The maximum absolute atomic E-state index is 11.5. The van der Waals surface area contributed by atoms with Crippen LogP contribution in [-0.4, -0.2) is 12.8 Å². The van der Waals surface area contributed by atoms with E-state index in [2.05, 4.69) is 4.74 Å². The van der Waals surface area contributed by atoms with Gasteiger partial charge in [-0.2, -0.15) is 13.2 Å². The molecule has 0 aliphatic rings. The van der Waals surface area contributed by atoms with E-state index >= 15 is 0 Å². The molecule has 0 radical (unpaired) electrons. The van der Waals surface area contributed by atoms with Crippen molar-refractivity contribution in [2.75, 3.05) is 6.61 Å². The van der Waals surface area contributed by atoms with Crippen LogP contribution in [0.25, 0.3) is 0 Å². The highest BCUT2D eigenvalue weighted by Crippen LogP contribution is 2.15. The Labute approximate surface area is 70.2 Å². The van der Waals surface area contributed by atoms with Crippen LogP contribution < -0.4 is 0 Å². The molecule has 12 heavy (non-hydrogen) atoms. The molecular weight excluding hydrogens is 169 g/mol. The second-order valence-electron chi connectivity index (χ2n) is 2.69. The third-order valence-electron chi connectivity index (χ3n) is 1.43. The lowest BCUT2D eigenvalue weighted by atomic mass is 10.1. The largest absolute Gasteiger partial charge is 0.501 e. The van der Waals surface area contributed by atoms with Crippen LogP contribution in [0.2, 0.25) is 0 Å². The number of alkyl halides is 3. The zero-order valence-electron chi connectivity index (χ0n) is 7.19. The van der Waals surface area contributed by atoms with Crippen LogP contribution in [0, 0.1) is 5.92 Å². The maximum atomic E-state index is 11.5. The standard InChI is InChI=1S/C8H13F3O/c1-3-7(2)6-12-5-4-8(9,10)11/h4-5,7H,3,6H2,1-2H3/b5-4+. The van der Waals surface area contributed by atoms with Crippen molar-refractivity contribution in [3.05, 3.63) is 12.3 Å². The molecule has 4 heteroatoms. The van der Waals surface area contributed by atoms with Gasteiger partial charge in [0, 0.05) is 0 Å². The summed E-state index contributed by atoms with van der Waals surface area (Å²) in [5.41, 5.74) is 0. The summed E-state index contributed by atoms with van der Waals surface area (Å²) in [5, 5.41) is 0. The van der Waals surface area contributed by atoms with E-state index in [1.807, 2.05) is 13.8 Å². The summed E-state index contributed by atoms with van der Waals surface area (Å²) in [5.74, 6) is 0.294. The van der Waals surface area contributed by atoms with Crippen molar-refractivity contribution >= 4 is 0 Å². The second kappa shape index (κ2) is 5.06. The predicted molar refractivity (Wildman–Crippen MR) is 40.6 cm³/mol. The van der Waals surface area contributed by atoms with Crippen molar-refractivity contribution in [1.29, 1.82) is 0 Å². The molecule has 0 saturated heterocycles. The number of halogens is 3. The molecule has 0 aromatic rings.